The van der Waals surface area contributed by atoms with Gasteiger partial charge in [0.1, 0.15) is 6.04 Å². The van der Waals surface area contributed by atoms with E-state index in [1.807, 2.05) is 44.2 Å². The summed E-state index contributed by atoms with van der Waals surface area (Å²) in [5.41, 5.74) is 6.46. The van der Waals surface area contributed by atoms with E-state index in [9.17, 15) is 14.7 Å². The molecule has 0 bridgehead atoms. The summed E-state index contributed by atoms with van der Waals surface area (Å²) in [6.07, 6.45) is 2.32. The van der Waals surface area contributed by atoms with E-state index in [1.54, 1.807) is 0 Å². The number of unbranched alkanes of at least 4 members (excludes halogenated alkanes) is 1. The van der Waals surface area contributed by atoms with Crippen LogP contribution in [0.25, 0.3) is 0 Å². The highest BCUT2D eigenvalue weighted by Crippen LogP contribution is 2.06. The zero-order valence-electron chi connectivity index (χ0n) is 14.5. The Morgan fingerprint density at radius 1 is 1.12 bits per heavy atom. The van der Waals surface area contributed by atoms with Crippen molar-refractivity contribution in [2.24, 2.45) is 5.73 Å². The molecular formula is C18H29N3O3. The first-order chi connectivity index (χ1) is 11.4. The number of hydrogen-bond acceptors (Lipinski definition) is 4. The van der Waals surface area contributed by atoms with Crippen LogP contribution in [0.4, 0.5) is 0 Å². The van der Waals surface area contributed by atoms with Crippen molar-refractivity contribution in [3.05, 3.63) is 35.9 Å². The van der Waals surface area contributed by atoms with E-state index in [4.69, 9.17) is 5.73 Å². The van der Waals surface area contributed by atoms with Crippen molar-refractivity contribution in [2.75, 3.05) is 6.54 Å². The van der Waals surface area contributed by atoms with E-state index in [0.29, 0.717) is 25.8 Å². The lowest BCUT2D eigenvalue weighted by Crippen LogP contribution is -2.52. The summed E-state index contributed by atoms with van der Waals surface area (Å²) in [5, 5.41) is 15.2. The van der Waals surface area contributed by atoms with E-state index in [0.717, 1.165) is 12.0 Å². The lowest BCUT2D eigenvalue weighted by molar-refractivity contribution is -0.142. The van der Waals surface area contributed by atoms with E-state index in [2.05, 4.69) is 10.6 Å². The molecule has 0 aliphatic heterocycles. The Hall–Kier alpha value is -1.92. The minimum absolute atomic E-state index is 0.116. The molecule has 6 heteroatoms. The number of nitrogens with two attached hydrogens (primary N) is 1. The van der Waals surface area contributed by atoms with Crippen LogP contribution in [-0.2, 0) is 16.0 Å². The highest BCUT2D eigenvalue weighted by molar-refractivity contribution is 5.87. The molecule has 0 radical (unpaired) electrons. The van der Waals surface area contributed by atoms with Gasteiger partial charge in [0.2, 0.25) is 5.91 Å². The molecule has 134 valence electrons. The highest BCUT2D eigenvalue weighted by atomic mass is 16.4. The molecule has 0 heterocycles. The number of carboxylic acid groups (broad SMARTS) is 1. The average molecular weight is 335 g/mol. The summed E-state index contributed by atoms with van der Waals surface area (Å²) in [6.45, 7) is 4.44. The molecular weight excluding hydrogens is 306 g/mol. The third kappa shape index (κ3) is 7.57. The Morgan fingerprint density at radius 2 is 1.79 bits per heavy atom. The molecule has 1 rings (SSSR count). The molecule has 1 amide bonds. The van der Waals surface area contributed by atoms with Crippen LogP contribution in [-0.4, -0.2) is 41.7 Å². The first kappa shape index (κ1) is 20.1. The molecule has 0 saturated heterocycles. The van der Waals surface area contributed by atoms with Gasteiger partial charge in [-0.1, -0.05) is 44.2 Å². The van der Waals surface area contributed by atoms with Gasteiger partial charge in [0.25, 0.3) is 0 Å². The average Bonchev–Trinajstić information content (AvgIpc) is 2.53. The molecule has 0 aliphatic carbocycles. The zero-order valence-corrected chi connectivity index (χ0v) is 14.5. The monoisotopic (exact) mass is 335 g/mol. The molecule has 0 aromatic heterocycles. The number of amides is 1. The van der Waals surface area contributed by atoms with Crippen LogP contribution in [0.5, 0.6) is 0 Å². The van der Waals surface area contributed by atoms with Crippen molar-refractivity contribution in [3.63, 3.8) is 0 Å². The van der Waals surface area contributed by atoms with Crippen molar-refractivity contribution in [1.29, 1.82) is 0 Å². The predicted octanol–water partition coefficient (Wildman–Crippen LogP) is 1.29. The van der Waals surface area contributed by atoms with Gasteiger partial charge in [0, 0.05) is 6.04 Å². The lowest BCUT2D eigenvalue weighted by Gasteiger charge is -2.23. The maximum absolute atomic E-state index is 12.6. The molecule has 0 spiro atoms. The Labute approximate surface area is 143 Å². The zero-order chi connectivity index (χ0) is 17.9. The molecule has 1 aromatic rings. The number of carboxylic acids is 1. The van der Waals surface area contributed by atoms with Crippen LogP contribution in [0.1, 0.15) is 38.7 Å². The standard InChI is InChI=1S/C18H29N3O3/c1-13(2)20-16(12-14-8-4-3-5-9-14)17(22)21-15(18(23)24)10-6-7-11-19/h3-5,8-9,13,15-16,20H,6-7,10-12,19H2,1-2H3,(H,21,22)(H,23,24)/t15-,16-/m0/s1. The summed E-state index contributed by atoms with van der Waals surface area (Å²) in [5.74, 6) is -1.30. The van der Waals surface area contributed by atoms with E-state index < -0.39 is 18.1 Å². The number of carbonyl (C=O) groups excluding carboxylic acids is 1. The minimum Gasteiger partial charge on any atom is -0.480 e. The summed E-state index contributed by atoms with van der Waals surface area (Å²) >= 11 is 0. The van der Waals surface area contributed by atoms with Crippen molar-refractivity contribution in [1.82, 2.24) is 10.6 Å². The van der Waals surface area contributed by atoms with Crippen molar-refractivity contribution in [3.8, 4) is 0 Å². The Morgan fingerprint density at radius 3 is 2.33 bits per heavy atom. The van der Waals surface area contributed by atoms with Gasteiger partial charge >= 0.3 is 5.97 Å². The van der Waals surface area contributed by atoms with E-state index in [-0.39, 0.29) is 11.9 Å². The Bertz CT molecular complexity index is 505. The summed E-state index contributed by atoms with van der Waals surface area (Å²) in [4.78, 5) is 23.9. The molecule has 0 unspecified atom stereocenters. The number of benzene rings is 1. The quantitative estimate of drug-likeness (QED) is 0.456. The van der Waals surface area contributed by atoms with E-state index >= 15 is 0 Å². The van der Waals surface area contributed by atoms with Gasteiger partial charge in [-0.15, -0.1) is 0 Å². The molecule has 24 heavy (non-hydrogen) atoms. The van der Waals surface area contributed by atoms with Crippen LogP contribution >= 0.6 is 0 Å². The van der Waals surface area contributed by atoms with Gasteiger partial charge < -0.3 is 21.5 Å². The summed E-state index contributed by atoms with van der Waals surface area (Å²) in [7, 11) is 0. The third-order valence-electron chi connectivity index (χ3n) is 3.70. The fourth-order valence-corrected chi connectivity index (χ4v) is 2.50. The van der Waals surface area contributed by atoms with E-state index in [1.165, 1.54) is 0 Å². The number of carbonyl (C=O) groups is 2. The molecule has 0 aliphatic rings. The fraction of sp³-hybridized carbons (Fsp3) is 0.556. The van der Waals surface area contributed by atoms with Gasteiger partial charge in [0.15, 0.2) is 0 Å². The summed E-state index contributed by atoms with van der Waals surface area (Å²) < 4.78 is 0. The van der Waals surface area contributed by atoms with Crippen molar-refractivity contribution < 1.29 is 14.7 Å². The Kier molecular flexibility index (Phi) is 9.04. The fourth-order valence-electron chi connectivity index (χ4n) is 2.50. The van der Waals surface area contributed by atoms with Crippen LogP contribution in [0.15, 0.2) is 30.3 Å². The summed E-state index contributed by atoms with van der Waals surface area (Å²) in [6, 6.07) is 8.45. The molecule has 0 saturated carbocycles. The van der Waals surface area contributed by atoms with Gasteiger partial charge in [-0.3, -0.25) is 4.79 Å². The van der Waals surface area contributed by atoms with Crippen molar-refractivity contribution in [2.45, 2.75) is 57.7 Å². The number of rotatable bonds is 11. The number of aliphatic carboxylic acids is 1. The topological polar surface area (TPSA) is 104 Å². The minimum atomic E-state index is -1.01. The van der Waals surface area contributed by atoms with Crippen LogP contribution in [0.2, 0.25) is 0 Å². The first-order valence-corrected chi connectivity index (χ1v) is 8.47. The first-order valence-electron chi connectivity index (χ1n) is 8.47. The molecule has 6 nitrogen and oxygen atoms in total. The molecule has 2 atom stereocenters. The third-order valence-corrected chi connectivity index (χ3v) is 3.70. The predicted molar refractivity (Wildman–Crippen MR) is 94.7 cm³/mol. The van der Waals surface area contributed by atoms with Gasteiger partial charge in [-0.05, 0) is 37.8 Å². The number of nitrogens with one attached hydrogen (secondary N) is 2. The number of hydrogen-bond donors (Lipinski definition) is 4. The molecule has 5 N–H and O–H groups in total. The molecule has 1 aromatic carbocycles. The van der Waals surface area contributed by atoms with Gasteiger partial charge in [-0.25, -0.2) is 4.79 Å². The SMILES string of the molecule is CC(C)N[C@@H](Cc1ccccc1)C(=O)N[C@@H](CCCCN)C(=O)O. The largest absolute Gasteiger partial charge is 0.480 e. The van der Waals surface area contributed by atoms with Gasteiger partial charge in [0.05, 0.1) is 6.04 Å². The smallest absolute Gasteiger partial charge is 0.326 e. The second kappa shape index (κ2) is 10.8. The second-order valence-corrected chi connectivity index (χ2v) is 6.25. The second-order valence-electron chi connectivity index (χ2n) is 6.25. The highest BCUT2D eigenvalue weighted by Gasteiger charge is 2.25. The molecule has 0 fully saturated rings. The van der Waals surface area contributed by atoms with Crippen LogP contribution in [0, 0.1) is 0 Å². The maximum atomic E-state index is 12.6. The van der Waals surface area contributed by atoms with Crippen LogP contribution in [0.3, 0.4) is 0 Å². The normalized spacial score (nSPS) is 13.5. The van der Waals surface area contributed by atoms with Crippen molar-refractivity contribution >= 4 is 11.9 Å². The van der Waals surface area contributed by atoms with Gasteiger partial charge in [-0.2, -0.15) is 0 Å². The maximum Gasteiger partial charge on any atom is 0.326 e. The lowest BCUT2D eigenvalue weighted by atomic mass is 10.0. The Balaban J connectivity index is 2.72. The van der Waals surface area contributed by atoms with Crippen LogP contribution < -0.4 is 16.4 Å².